The highest BCUT2D eigenvalue weighted by Crippen LogP contribution is 2.31. The van der Waals surface area contributed by atoms with E-state index in [-0.39, 0.29) is 27.2 Å². The molecule has 4 aromatic rings. The minimum Gasteiger partial charge on any atom is -0.464 e. The van der Waals surface area contributed by atoms with Crippen LogP contribution in [-0.2, 0) is 24.3 Å². The summed E-state index contributed by atoms with van der Waals surface area (Å²) in [6.45, 7) is 3.14. The first-order valence-corrected chi connectivity index (χ1v) is 16.3. The van der Waals surface area contributed by atoms with Gasteiger partial charge >= 0.3 is 5.97 Å². The summed E-state index contributed by atoms with van der Waals surface area (Å²) >= 11 is 12.2. The molecular formula is C30H33Cl2N5O5S. The van der Waals surface area contributed by atoms with Crippen LogP contribution in [0.15, 0.2) is 65.7 Å². The van der Waals surface area contributed by atoms with Gasteiger partial charge in [-0.1, -0.05) is 36.5 Å². The second-order valence-electron chi connectivity index (χ2n) is 10.3. The van der Waals surface area contributed by atoms with E-state index < -0.39 is 22.5 Å². The number of sulfonamides is 1. The summed E-state index contributed by atoms with van der Waals surface area (Å²) in [6, 6.07) is 15.2. The Labute approximate surface area is 261 Å². The van der Waals surface area contributed by atoms with E-state index in [9.17, 15) is 13.2 Å². The average molecular weight is 647 g/mol. The van der Waals surface area contributed by atoms with Gasteiger partial charge in [0.25, 0.3) is 10.0 Å². The number of nitrogens with zero attached hydrogens (tertiary/aromatic N) is 5. The fraction of sp³-hybridized carbons (Fsp3) is 0.367. The van der Waals surface area contributed by atoms with Crippen molar-refractivity contribution in [3.63, 3.8) is 0 Å². The predicted molar refractivity (Wildman–Crippen MR) is 168 cm³/mol. The standard InChI is InChI=1S/C30H33Cl2N5O5S/c1-3-4-13-42-30(38)20-37(43(39,40)26-18-22(31)17-23(32)19-26)25-5-6-27-21(16-25)9-12-36(27)29-8-7-28(33-34-29)35(2)24-10-14-41-15-11-24/h5-9,12,16-19,24H,3-4,10-11,13-15,20H2,1-2H3. The van der Waals surface area contributed by atoms with E-state index in [2.05, 4.69) is 15.1 Å². The zero-order chi connectivity index (χ0) is 30.6. The van der Waals surface area contributed by atoms with Gasteiger partial charge in [-0.3, -0.25) is 13.7 Å². The second kappa shape index (κ2) is 13.5. The number of carbonyl (C=O) groups is 1. The van der Waals surface area contributed by atoms with Gasteiger partial charge in [-0.05, 0) is 73.9 Å². The molecule has 2 aromatic carbocycles. The first-order valence-electron chi connectivity index (χ1n) is 14.1. The van der Waals surface area contributed by atoms with Gasteiger partial charge in [0.15, 0.2) is 11.6 Å². The first kappa shape index (κ1) is 31.1. The number of anilines is 2. The van der Waals surface area contributed by atoms with Crippen LogP contribution in [-0.4, -0.2) is 68.6 Å². The highest BCUT2D eigenvalue weighted by atomic mass is 35.5. The van der Waals surface area contributed by atoms with Crippen molar-refractivity contribution >= 4 is 61.6 Å². The topological polar surface area (TPSA) is 107 Å². The van der Waals surface area contributed by atoms with E-state index in [1.165, 1.54) is 18.2 Å². The maximum Gasteiger partial charge on any atom is 0.326 e. The SMILES string of the molecule is CCCCOC(=O)CN(c1ccc2c(ccn2-c2ccc(N(C)C3CCOCC3)nn2)c1)S(=O)(=O)c1cc(Cl)cc(Cl)c1. The predicted octanol–water partition coefficient (Wildman–Crippen LogP) is 5.88. The van der Waals surface area contributed by atoms with Gasteiger partial charge in [-0.25, -0.2) is 8.42 Å². The molecule has 0 radical (unpaired) electrons. The Kier molecular flexibility index (Phi) is 9.75. The Morgan fingerprint density at radius 2 is 1.79 bits per heavy atom. The van der Waals surface area contributed by atoms with Gasteiger partial charge in [0.1, 0.15) is 6.54 Å². The molecular weight excluding hydrogens is 613 g/mol. The number of halogens is 2. The van der Waals surface area contributed by atoms with Crippen molar-refractivity contribution in [3.05, 3.63) is 70.8 Å². The highest BCUT2D eigenvalue weighted by Gasteiger charge is 2.29. The number of carbonyl (C=O) groups excluding carboxylic acids is 1. The molecule has 43 heavy (non-hydrogen) atoms. The summed E-state index contributed by atoms with van der Waals surface area (Å²) in [6.07, 6.45) is 5.24. The molecule has 0 spiro atoms. The van der Waals surface area contributed by atoms with E-state index >= 15 is 0 Å². The van der Waals surface area contributed by atoms with Crippen molar-refractivity contribution in [2.75, 3.05) is 42.6 Å². The summed E-state index contributed by atoms with van der Waals surface area (Å²) in [5, 5.41) is 9.99. The van der Waals surface area contributed by atoms with E-state index in [1.54, 1.807) is 18.2 Å². The van der Waals surface area contributed by atoms with Gasteiger partial charge in [-0.2, -0.15) is 0 Å². The summed E-state index contributed by atoms with van der Waals surface area (Å²) in [4.78, 5) is 14.7. The molecule has 0 saturated carbocycles. The van der Waals surface area contributed by atoms with Gasteiger partial charge in [0.05, 0.1) is 22.7 Å². The van der Waals surface area contributed by atoms with Crippen molar-refractivity contribution in [1.29, 1.82) is 0 Å². The summed E-state index contributed by atoms with van der Waals surface area (Å²) in [5.41, 5.74) is 1.07. The third-order valence-corrected chi connectivity index (χ3v) is 9.59. The number of aromatic nitrogens is 3. The van der Waals surface area contributed by atoms with Crippen LogP contribution in [0.4, 0.5) is 11.5 Å². The van der Waals surface area contributed by atoms with Crippen LogP contribution in [0.2, 0.25) is 10.0 Å². The Hall–Kier alpha value is -3.38. The highest BCUT2D eigenvalue weighted by molar-refractivity contribution is 7.92. The minimum atomic E-state index is -4.24. The third-order valence-electron chi connectivity index (χ3n) is 7.40. The van der Waals surface area contributed by atoms with Crippen molar-refractivity contribution < 1.29 is 22.7 Å². The number of fused-ring (bicyclic) bond motifs is 1. The zero-order valence-corrected chi connectivity index (χ0v) is 26.3. The molecule has 0 amide bonds. The van der Waals surface area contributed by atoms with E-state index in [1.807, 2.05) is 42.9 Å². The Bertz CT molecular complexity index is 1670. The van der Waals surface area contributed by atoms with Crippen molar-refractivity contribution in [3.8, 4) is 5.82 Å². The smallest absolute Gasteiger partial charge is 0.326 e. The van der Waals surface area contributed by atoms with Crippen LogP contribution in [0.5, 0.6) is 0 Å². The number of esters is 1. The number of rotatable bonds is 11. The van der Waals surface area contributed by atoms with Crippen LogP contribution in [0.1, 0.15) is 32.6 Å². The monoisotopic (exact) mass is 645 g/mol. The molecule has 0 bridgehead atoms. The summed E-state index contributed by atoms with van der Waals surface area (Å²) in [7, 11) is -2.22. The minimum absolute atomic E-state index is 0.134. The Morgan fingerprint density at radius 3 is 2.47 bits per heavy atom. The lowest BCUT2D eigenvalue weighted by atomic mass is 10.1. The van der Waals surface area contributed by atoms with Crippen molar-refractivity contribution in [2.24, 2.45) is 0 Å². The quantitative estimate of drug-likeness (QED) is 0.147. The van der Waals surface area contributed by atoms with E-state index in [0.29, 0.717) is 18.3 Å². The lowest BCUT2D eigenvalue weighted by Gasteiger charge is -2.31. The Balaban J connectivity index is 1.45. The van der Waals surface area contributed by atoms with Crippen LogP contribution in [0.25, 0.3) is 16.7 Å². The zero-order valence-electron chi connectivity index (χ0n) is 23.9. The maximum absolute atomic E-state index is 13.8. The normalized spacial score (nSPS) is 14.1. The van der Waals surface area contributed by atoms with Crippen LogP contribution < -0.4 is 9.21 Å². The molecule has 0 N–H and O–H groups in total. The molecule has 1 aliphatic rings. The lowest BCUT2D eigenvalue weighted by molar-refractivity contribution is -0.141. The molecule has 0 aliphatic carbocycles. The molecule has 1 saturated heterocycles. The van der Waals surface area contributed by atoms with Crippen molar-refractivity contribution in [1.82, 2.24) is 14.8 Å². The molecule has 228 valence electrons. The molecule has 0 atom stereocenters. The molecule has 3 heterocycles. The third kappa shape index (κ3) is 7.06. The molecule has 0 unspecified atom stereocenters. The van der Waals surface area contributed by atoms with Crippen molar-refractivity contribution in [2.45, 2.75) is 43.5 Å². The fourth-order valence-corrected chi connectivity index (χ4v) is 7.12. The van der Waals surface area contributed by atoms with E-state index in [0.717, 1.165) is 53.5 Å². The largest absolute Gasteiger partial charge is 0.464 e. The van der Waals surface area contributed by atoms with Gasteiger partial charge in [0.2, 0.25) is 0 Å². The van der Waals surface area contributed by atoms with Gasteiger partial charge < -0.3 is 14.4 Å². The first-order chi connectivity index (χ1) is 20.7. The van der Waals surface area contributed by atoms with Crippen LogP contribution >= 0.6 is 23.2 Å². The molecule has 2 aromatic heterocycles. The Morgan fingerprint density at radius 1 is 1.05 bits per heavy atom. The molecule has 1 aliphatic heterocycles. The van der Waals surface area contributed by atoms with Crippen LogP contribution in [0.3, 0.4) is 0 Å². The van der Waals surface area contributed by atoms with Gasteiger partial charge in [-0.15, -0.1) is 10.2 Å². The number of unbranched alkanes of at least 4 members (excludes halogenated alkanes) is 1. The summed E-state index contributed by atoms with van der Waals surface area (Å²) in [5.74, 6) is 0.732. The fourth-order valence-electron chi connectivity index (χ4n) is 4.99. The molecule has 10 nitrogen and oxygen atoms in total. The molecule has 5 rings (SSSR count). The van der Waals surface area contributed by atoms with Crippen LogP contribution in [0, 0.1) is 0 Å². The lowest BCUT2D eigenvalue weighted by Crippen LogP contribution is -2.37. The molecule has 1 fully saturated rings. The van der Waals surface area contributed by atoms with E-state index in [4.69, 9.17) is 32.7 Å². The summed E-state index contributed by atoms with van der Waals surface area (Å²) < 4.78 is 41.3. The number of hydrogen-bond donors (Lipinski definition) is 0. The number of hydrogen-bond acceptors (Lipinski definition) is 8. The number of benzene rings is 2. The average Bonchev–Trinajstić information content (AvgIpc) is 3.43. The second-order valence-corrected chi connectivity index (χ2v) is 13.1. The molecule has 13 heteroatoms. The van der Waals surface area contributed by atoms with Gasteiger partial charge in [0, 0.05) is 47.9 Å². The maximum atomic E-state index is 13.8. The number of ether oxygens (including phenoxy) is 2.